The van der Waals surface area contributed by atoms with Crippen molar-refractivity contribution in [2.75, 3.05) is 13.2 Å². The number of hydrogen-bond donors (Lipinski definition) is 1. The molecule has 0 aromatic heterocycles. The van der Waals surface area contributed by atoms with Crippen LogP contribution in [0.4, 0.5) is 0 Å². The van der Waals surface area contributed by atoms with E-state index >= 15 is 0 Å². The zero-order valence-electron chi connectivity index (χ0n) is 14.3. The van der Waals surface area contributed by atoms with Gasteiger partial charge in [0.15, 0.2) is 0 Å². The summed E-state index contributed by atoms with van der Waals surface area (Å²) in [6.45, 7) is 7.32. The molecule has 0 bridgehead atoms. The van der Waals surface area contributed by atoms with Crippen LogP contribution < -0.4 is 10.1 Å². The van der Waals surface area contributed by atoms with E-state index in [0.717, 1.165) is 5.75 Å². The first-order valence-corrected chi connectivity index (χ1v) is 7.92. The van der Waals surface area contributed by atoms with Gasteiger partial charge in [0.2, 0.25) is 0 Å². The van der Waals surface area contributed by atoms with Gasteiger partial charge < -0.3 is 10.1 Å². The molecule has 0 saturated carbocycles. The Morgan fingerprint density at radius 1 is 1.08 bits per heavy atom. The highest BCUT2D eigenvalue weighted by atomic mass is 16.5. The zero-order valence-corrected chi connectivity index (χ0v) is 14.3. The number of benzene rings is 2. The van der Waals surface area contributed by atoms with E-state index in [0.29, 0.717) is 24.3 Å². The molecule has 1 amide bonds. The summed E-state index contributed by atoms with van der Waals surface area (Å²) >= 11 is 0. The number of nitrogens with one attached hydrogen (secondary N) is 1. The Kier molecular flexibility index (Phi) is 5.59. The normalized spacial score (nSPS) is 10.8. The van der Waals surface area contributed by atoms with Crippen LogP contribution in [0.25, 0.3) is 0 Å². The minimum Gasteiger partial charge on any atom is -0.492 e. The number of amides is 1. The van der Waals surface area contributed by atoms with Crippen LogP contribution >= 0.6 is 0 Å². The third kappa shape index (κ3) is 4.85. The minimum atomic E-state index is -0.175. The Morgan fingerprint density at radius 3 is 2.25 bits per heavy atom. The molecule has 0 aliphatic rings. The van der Waals surface area contributed by atoms with Crippen LogP contribution in [0.5, 0.6) is 5.75 Å². The molecule has 4 nitrogen and oxygen atoms in total. The van der Waals surface area contributed by atoms with E-state index in [9.17, 15) is 4.79 Å². The molecule has 2 rings (SSSR count). The highest BCUT2D eigenvalue weighted by Gasteiger charge is 2.12. The number of carbonyl (C=O) groups is 1. The van der Waals surface area contributed by atoms with E-state index in [1.165, 1.54) is 5.56 Å². The minimum absolute atomic E-state index is 0.119. The van der Waals surface area contributed by atoms with Gasteiger partial charge in [-0.2, -0.15) is 5.26 Å². The number of ether oxygens (including phenoxy) is 1. The van der Waals surface area contributed by atoms with Crippen molar-refractivity contribution in [2.24, 2.45) is 0 Å². The molecule has 0 spiro atoms. The Bertz CT molecular complexity index is 720. The third-order valence-electron chi connectivity index (χ3n) is 3.65. The van der Waals surface area contributed by atoms with Gasteiger partial charge in [0.1, 0.15) is 12.4 Å². The highest BCUT2D eigenvalue weighted by molar-refractivity contribution is 5.94. The lowest BCUT2D eigenvalue weighted by atomic mass is 9.87. The van der Waals surface area contributed by atoms with Crippen LogP contribution in [-0.2, 0) is 5.41 Å². The van der Waals surface area contributed by atoms with Gasteiger partial charge >= 0.3 is 0 Å². The average molecular weight is 322 g/mol. The Hall–Kier alpha value is -2.80. The monoisotopic (exact) mass is 322 g/mol. The lowest BCUT2D eigenvalue weighted by Gasteiger charge is -2.19. The van der Waals surface area contributed by atoms with Gasteiger partial charge in [0, 0.05) is 5.56 Å². The van der Waals surface area contributed by atoms with Gasteiger partial charge in [-0.15, -0.1) is 0 Å². The molecular formula is C20H22N2O2. The molecule has 0 unspecified atom stereocenters. The summed E-state index contributed by atoms with van der Waals surface area (Å²) in [4.78, 5) is 12.0. The van der Waals surface area contributed by atoms with E-state index in [4.69, 9.17) is 10.00 Å². The number of hydrogen-bond acceptors (Lipinski definition) is 3. The molecule has 1 N–H and O–H groups in total. The Morgan fingerprint density at radius 2 is 1.71 bits per heavy atom. The molecule has 0 aliphatic heterocycles. The predicted molar refractivity (Wildman–Crippen MR) is 94.1 cm³/mol. The van der Waals surface area contributed by atoms with Crippen LogP contribution in [0.1, 0.15) is 42.3 Å². The molecule has 0 fully saturated rings. The molecule has 24 heavy (non-hydrogen) atoms. The van der Waals surface area contributed by atoms with Gasteiger partial charge in [-0.3, -0.25) is 4.79 Å². The van der Waals surface area contributed by atoms with Crippen molar-refractivity contribution in [3.8, 4) is 11.8 Å². The first kappa shape index (κ1) is 17.6. The second kappa shape index (κ2) is 7.65. The quantitative estimate of drug-likeness (QED) is 0.854. The van der Waals surface area contributed by atoms with E-state index in [-0.39, 0.29) is 11.3 Å². The molecule has 2 aromatic rings. The Labute approximate surface area is 143 Å². The summed E-state index contributed by atoms with van der Waals surface area (Å²) in [6.07, 6.45) is 0. The fourth-order valence-electron chi connectivity index (χ4n) is 2.18. The van der Waals surface area contributed by atoms with Crippen molar-refractivity contribution in [2.45, 2.75) is 26.2 Å². The molecular weight excluding hydrogens is 300 g/mol. The molecule has 0 saturated heterocycles. The summed E-state index contributed by atoms with van der Waals surface area (Å²) < 4.78 is 5.64. The van der Waals surface area contributed by atoms with Crippen molar-refractivity contribution in [3.05, 3.63) is 65.2 Å². The van der Waals surface area contributed by atoms with E-state index < -0.39 is 0 Å². The van der Waals surface area contributed by atoms with Crippen LogP contribution in [0, 0.1) is 11.3 Å². The van der Waals surface area contributed by atoms with Crippen molar-refractivity contribution in [1.82, 2.24) is 5.32 Å². The lowest BCUT2D eigenvalue weighted by molar-refractivity contribution is 0.0947. The van der Waals surface area contributed by atoms with E-state index in [1.54, 1.807) is 24.3 Å². The molecule has 0 atom stereocenters. The molecule has 2 aromatic carbocycles. The van der Waals surface area contributed by atoms with Gasteiger partial charge in [-0.25, -0.2) is 0 Å². The zero-order chi connectivity index (χ0) is 17.6. The summed E-state index contributed by atoms with van der Waals surface area (Å²) in [7, 11) is 0. The van der Waals surface area contributed by atoms with Crippen LogP contribution in [0.2, 0.25) is 0 Å². The van der Waals surface area contributed by atoms with Crippen molar-refractivity contribution < 1.29 is 9.53 Å². The van der Waals surface area contributed by atoms with Crippen molar-refractivity contribution >= 4 is 5.91 Å². The van der Waals surface area contributed by atoms with Gasteiger partial charge in [0.05, 0.1) is 18.2 Å². The maximum absolute atomic E-state index is 12.0. The van der Waals surface area contributed by atoms with Gasteiger partial charge in [-0.1, -0.05) is 32.9 Å². The topological polar surface area (TPSA) is 62.1 Å². The van der Waals surface area contributed by atoms with Crippen LogP contribution in [-0.4, -0.2) is 19.1 Å². The number of nitriles is 1. The fourth-order valence-corrected chi connectivity index (χ4v) is 2.18. The summed E-state index contributed by atoms with van der Waals surface area (Å²) in [6, 6.07) is 16.6. The summed E-state index contributed by atoms with van der Waals surface area (Å²) in [5.74, 6) is 0.613. The molecule has 0 radical (unpaired) electrons. The predicted octanol–water partition coefficient (Wildman–Crippen LogP) is 3.66. The second-order valence-electron chi connectivity index (χ2n) is 6.57. The smallest absolute Gasteiger partial charge is 0.251 e. The van der Waals surface area contributed by atoms with E-state index in [2.05, 4.69) is 38.2 Å². The maximum Gasteiger partial charge on any atom is 0.251 e. The SMILES string of the molecule is CC(C)(C)c1ccc(OCCNC(=O)c2ccc(C#N)cc2)cc1. The first-order valence-electron chi connectivity index (χ1n) is 7.92. The average Bonchev–Trinajstić information content (AvgIpc) is 2.58. The molecule has 0 heterocycles. The number of rotatable bonds is 5. The fraction of sp³-hybridized carbons (Fsp3) is 0.300. The van der Waals surface area contributed by atoms with Crippen LogP contribution in [0.15, 0.2) is 48.5 Å². The maximum atomic E-state index is 12.0. The van der Waals surface area contributed by atoms with Crippen molar-refractivity contribution in [3.63, 3.8) is 0 Å². The largest absolute Gasteiger partial charge is 0.492 e. The van der Waals surface area contributed by atoms with E-state index in [1.807, 2.05) is 18.2 Å². The number of nitrogens with zero attached hydrogens (tertiary/aromatic N) is 1. The van der Waals surface area contributed by atoms with Crippen molar-refractivity contribution in [1.29, 1.82) is 5.26 Å². The molecule has 124 valence electrons. The third-order valence-corrected chi connectivity index (χ3v) is 3.65. The summed E-state index contributed by atoms with van der Waals surface area (Å²) in [5, 5.41) is 11.5. The summed E-state index contributed by atoms with van der Waals surface area (Å²) in [5.41, 5.74) is 2.44. The van der Waals surface area contributed by atoms with Gasteiger partial charge in [-0.05, 0) is 47.4 Å². The van der Waals surface area contributed by atoms with Gasteiger partial charge in [0.25, 0.3) is 5.91 Å². The standard InChI is InChI=1S/C20H22N2O2/c1-20(2,3)17-8-10-18(11-9-17)24-13-12-22-19(23)16-6-4-15(14-21)5-7-16/h4-11H,12-13H2,1-3H3,(H,22,23). The Balaban J connectivity index is 1.78. The number of carbonyl (C=O) groups excluding carboxylic acids is 1. The first-order chi connectivity index (χ1) is 11.4. The van der Waals surface area contributed by atoms with Crippen LogP contribution in [0.3, 0.4) is 0 Å². The highest BCUT2D eigenvalue weighted by Crippen LogP contribution is 2.24. The second-order valence-corrected chi connectivity index (χ2v) is 6.57. The molecule has 4 heteroatoms. The molecule has 0 aliphatic carbocycles. The lowest BCUT2D eigenvalue weighted by Crippen LogP contribution is -2.28.